The molecule has 0 saturated carbocycles. The highest BCUT2D eigenvalue weighted by molar-refractivity contribution is 5.90. The van der Waals surface area contributed by atoms with Crippen LogP contribution in [0, 0.1) is 17.1 Å². The topological polar surface area (TPSA) is 70.3 Å². The summed E-state index contributed by atoms with van der Waals surface area (Å²) < 4.78 is 18.1. The first-order chi connectivity index (χ1) is 8.15. The van der Waals surface area contributed by atoms with Gasteiger partial charge in [-0.2, -0.15) is 5.26 Å². The van der Waals surface area contributed by atoms with Crippen LogP contribution in [-0.2, 0) is 0 Å². The Hall–Kier alpha value is -2.09. The zero-order chi connectivity index (χ0) is 12.7. The maximum atomic E-state index is 12.8. The van der Waals surface area contributed by atoms with E-state index in [1.54, 1.807) is 0 Å². The van der Waals surface area contributed by atoms with E-state index < -0.39 is 11.8 Å². The van der Waals surface area contributed by atoms with Crippen molar-refractivity contribution in [3.63, 3.8) is 0 Å². The molecule has 1 rings (SSSR count). The SMILES string of the molecule is N#CCCCCOc1ccc(F)cc1C(=O)O. The van der Waals surface area contributed by atoms with Gasteiger partial charge in [-0.3, -0.25) is 0 Å². The largest absolute Gasteiger partial charge is 0.493 e. The van der Waals surface area contributed by atoms with Crippen molar-refractivity contribution in [3.8, 4) is 11.8 Å². The van der Waals surface area contributed by atoms with E-state index in [-0.39, 0.29) is 11.3 Å². The van der Waals surface area contributed by atoms with Gasteiger partial charge in [0.05, 0.1) is 12.7 Å². The number of rotatable bonds is 6. The summed E-state index contributed by atoms with van der Waals surface area (Å²) >= 11 is 0. The average Bonchev–Trinajstić information content (AvgIpc) is 2.30. The summed E-state index contributed by atoms with van der Waals surface area (Å²) in [6.07, 6.45) is 1.79. The third-order valence-electron chi connectivity index (χ3n) is 2.11. The Morgan fingerprint density at radius 1 is 1.47 bits per heavy atom. The van der Waals surface area contributed by atoms with Gasteiger partial charge in [-0.05, 0) is 31.0 Å². The van der Waals surface area contributed by atoms with Gasteiger partial charge < -0.3 is 9.84 Å². The lowest BCUT2D eigenvalue weighted by molar-refractivity contribution is 0.0691. The van der Waals surface area contributed by atoms with Crippen LogP contribution in [0.25, 0.3) is 0 Å². The quantitative estimate of drug-likeness (QED) is 0.772. The maximum Gasteiger partial charge on any atom is 0.339 e. The zero-order valence-corrected chi connectivity index (χ0v) is 9.15. The monoisotopic (exact) mass is 237 g/mol. The molecule has 0 aliphatic carbocycles. The Bertz CT molecular complexity index is 440. The number of carbonyl (C=O) groups is 1. The second kappa shape index (κ2) is 6.48. The normalized spacial score (nSPS) is 9.65. The fraction of sp³-hybridized carbons (Fsp3) is 0.333. The molecule has 0 bridgehead atoms. The lowest BCUT2D eigenvalue weighted by Gasteiger charge is -2.08. The van der Waals surface area contributed by atoms with Crippen LogP contribution < -0.4 is 4.74 Å². The number of hydrogen-bond donors (Lipinski definition) is 1. The molecule has 1 aromatic rings. The van der Waals surface area contributed by atoms with Gasteiger partial charge in [0.15, 0.2) is 0 Å². The van der Waals surface area contributed by atoms with Crippen LogP contribution in [0.1, 0.15) is 29.6 Å². The molecule has 0 saturated heterocycles. The molecule has 0 spiro atoms. The fourth-order valence-corrected chi connectivity index (χ4v) is 1.28. The van der Waals surface area contributed by atoms with Crippen molar-refractivity contribution >= 4 is 5.97 Å². The van der Waals surface area contributed by atoms with E-state index in [1.165, 1.54) is 6.07 Å². The summed E-state index contributed by atoms with van der Waals surface area (Å²) in [5.74, 6) is -1.69. The highest BCUT2D eigenvalue weighted by Crippen LogP contribution is 2.20. The Morgan fingerprint density at radius 3 is 2.88 bits per heavy atom. The third-order valence-corrected chi connectivity index (χ3v) is 2.11. The molecule has 17 heavy (non-hydrogen) atoms. The van der Waals surface area contributed by atoms with E-state index in [4.69, 9.17) is 15.1 Å². The number of nitriles is 1. The van der Waals surface area contributed by atoms with E-state index in [2.05, 4.69) is 0 Å². The fourth-order valence-electron chi connectivity index (χ4n) is 1.28. The van der Waals surface area contributed by atoms with Crippen molar-refractivity contribution in [2.75, 3.05) is 6.61 Å². The van der Waals surface area contributed by atoms with Gasteiger partial charge in [0.1, 0.15) is 17.1 Å². The van der Waals surface area contributed by atoms with Crippen LogP contribution in [0.4, 0.5) is 4.39 Å². The number of benzene rings is 1. The molecule has 0 radical (unpaired) electrons. The molecule has 0 aliphatic heterocycles. The molecule has 0 heterocycles. The number of nitrogens with zero attached hydrogens (tertiary/aromatic N) is 1. The Morgan fingerprint density at radius 2 is 2.24 bits per heavy atom. The zero-order valence-electron chi connectivity index (χ0n) is 9.15. The molecule has 0 amide bonds. The van der Waals surface area contributed by atoms with Gasteiger partial charge in [-0.1, -0.05) is 0 Å². The molecule has 0 aliphatic rings. The summed E-state index contributed by atoms with van der Waals surface area (Å²) in [5, 5.41) is 17.2. The Labute approximate surface area is 98.2 Å². The first-order valence-electron chi connectivity index (χ1n) is 5.17. The second-order valence-electron chi connectivity index (χ2n) is 3.41. The van der Waals surface area contributed by atoms with Crippen molar-refractivity contribution in [1.29, 1.82) is 5.26 Å². The van der Waals surface area contributed by atoms with Crippen LogP contribution in [0.5, 0.6) is 5.75 Å². The molecule has 0 fully saturated rings. The molecule has 90 valence electrons. The van der Waals surface area contributed by atoms with Crippen LogP contribution in [0.3, 0.4) is 0 Å². The predicted octanol–water partition coefficient (Wildman–Crippen LogP) is 2.60. The van der Waals surface area contributed by atoms with Gasteiger partial charge in [0.25, 0.3) is 0 Å². The average molecular weight is 237 g/mol. The number of ether oxygens (including phenoxy) is 1. The van der Waals surface area contributed by atoms with E-state index in [1.807, 2.05) is 6.07 Å². The van der Waals surface area contributed by atoms with E-state index in [0.717, 1.165) is 12.1 Å². The summed E-state index contributed by atoms with van der Waals surface area (Å²) in [7, 11) is 0. The van der Waals surface area contributed by atoms with Crippen molar-refractivity contribution in [2.45, 2.75) is 19.3 Å². The minimum Gasteiger partial charge on any atom is -0.493 e. The Balaban J connectivity index is 2.59. The number of aromatic carboxylic acids is 1. The molecule has 0 atom stereocenters. The predicted molar refractivity (Wildman–Crippen MR) is 58.3 cm³/mol. The van der Waals surface area contributed by atoms with Crippen LogP contribution in [-0.4, -0.2) is 17.7 Å². The Kier molecular flexibility index (Phi) is 4.95. The van der Waals surface area contributed by atoms with Crippen LogP contribution >= 0.6 is 0 Å². The summed E-state index contributed by atoms with van der Waals surface area (Å²) in [5.41, 5.74) is -0.190. The minimum absolute atomic E-state index is 0.149. The highest BCUT2D eigenvalue weighted by Gasteiger charge is 2.12. The van der Waals surface area contributed by atoms with Gasteiger partial charge in [0.2, 0.25) is 0 Å². The molecule has 5 heteroatoms. The first-order valence-corrected chi connectivity index (χ1v) is 5.17. The smallest absolute Gasteiger partial charge is 0.339 e. The number of carboxylic acids is 1. The number of halogens is 1. The van der Waals surface area contributed by atoms with Crippen LogP contribution in [0.15, 0.2) is 18.2 Å². The van der Waals surface area contributed by atoms with Crippen LogP contribution in [0.2, 0.25) is 0 Å². The van der Waals surface area contributed by atoms with Crippen molar-refractivity contribution in [1.82, 2.24) is 0 Å². The molecular formula is C12H12FNO3. The van der Waals surface area contributed by atoms with Gasteiger partial charge in [-0.25, -0.2) is 9.18 Å². The van der Waals surface area contributed by atoms with Gasteiger partial charge >= 0.3 is 5.97 Å². The second-order valence-corrected chi connectivity index (χ2v) is 3.41. The standard InChI is InChI=1S/C12H12FNO3/c13-9-4-5-11(10(8-9)12(15)16)17-7-3-1-2-6-14/h4-5,8H,1-3,7H2,(H,15,16). The van der Waals surface area contributed by atoms with E-state index in [9.17, 15) is 9.18 Å². The van der Waals surface area contributed by atoms with E-state index in [0.29, 0.717) is 25.9 Å². The molecule has 1 N–H and O–H groups in total. The minimum atomic E-state index is -1.23. The number of carboxylic acid groups (broad SMARTS) is 1. The molecular weight excluding hydrogens is 225 g/mol. The van der Waals surface area contributed by atoms with E-state index >= 15 is 0 Å². The number of hydrogen-bond acceptors (Lipinski definition) is 3. The van der Waals surface area contributed by atoms with Crippen molar-refractivity contribution in [3.05, 3.63) is 29.6 Å². The summed E-state index contributed by atoms with van der Waals surface area (Å²) in [6.45, 7) is 0.313. The first kappa shape index (κ1) is 13.0. The lowest BCUT2D eigenvalue weighted by atomic mass is 10.2. The van der Waals surface area contributed by atoms with Gasteiger partial charge in [0, 0.05) is 6.42 Å². The van der Waals surface area contributed by atoms with Crippen molar-refractivity contribution in [2.24, 2.45) is 0 Å². The number of unbranched alkanes of at least 4 members (excludes halogenated alkanes) is 2. The molecule has 0 unspecified atom stereocenters. The maximum absolute atomic E-state index is 12.8. The molecule has 1 aromatic carbocycles. The highest BCUT2D eigenvalue weighted by atomic mass is 19.1. The third kappa shape index (κ3) is 4.11. The van der Waals surface area contributed by atoms with Crippen molar-refractivity contribution < 1.29 is 19.0 Å². The molecule has 0 aromatic heterocycles. The summed E-state index contributed by atoms with van der Waals surface area (Å²) in [4.78, 5) is 10.8. The lowest BCUT2D eigenvalue weighted by Crippen LogP contribution is -2.05. The molecule has 4 nitrogen and oxygen atoms in total. The summed E-state index contributed by atoms with van der Waals surface area (Å²) in [6, 6.07) is 5.37. The van der Waals surface area contributed by atoms with Gasteiger partial charge in [-0.15, -0.1) is 0 Å².